The lowest BCUT2D eigenvalue weighted by atomic mass is 10.2. The van der Waals surface area contributed by atoms with E-state index < -0.39 is 10.6 Å². The van der Waals surface area contributed by atoms with Crippen LogP contribution in [0.4, 0.5) is 10.8 Å². The van der Waals surface area contributed by atoms with Crippen molar-refractivity contribution in [3.8, 4) is 0 Å². The molecule has 0 spiro atoms. The van der Waals surface area contributed by atoms with Gasteiger partial charge in [0.2, 0.25) is 16.9 Å². The summed E-state index contributed by atoms with van der Waals surface area (Å²) in [6, 6.07) is 13.7. The number of aromatic nitrogens is 2. The summed E-state index contributed by atoms with van der Waals surface area (Å²) in [5, 5.41) is 12.0. The molecule has 2 aromatic carbocycles. The van der Waals surface area contributed by atoms with Crippen molar-refractivity contribution in [2.75, 3.05) is 28.0 Å². The van der Waals surface area contributed by atoms with Crippen LogP contribution in [0.3, 0.4) is 0 Å². The number of amides is 2. The van der Waals surface area contributed by atoms with Gasteiger partial charge in [-0.1, -0.05) is 46.8 Å². The smallest absolute Gasteiger partial charge is 0.240 e. The second-order valence-electron chi connectivity index (χ2n) is 7.02. The highest BCUT2D eigenvalue weighted by atomic mass is 35.5. The number of anilines is 2. The first-order chi connectivity index (χ1) is 15.7. The molecule has 3 N–H and O–H groups in total. The molecule has 1 fully saturated rings. The molecule has 1 saturated heterocycles. The van der Waals surface area contributed by atoms with Crippen molar-refractivity contribution in [1.29, 1.82) is 0 Å². The first-order valence-corrected chi connectivity index (χ1v) is 14.7. The van der Waals surface area contributed by atoms with Gasteiger partial charge in [-0.3, -0.25) is 23.6 Å². The predicted molar refractivity (Wildman–Crippen MR) is 137 cm³/mol. The van der Waals surface area contributed by atoms with Crippen molar-refractivity contribution in [3.05, 3.63) is 59.1 Å². The molecule has 4 rings (SSSR count). The van der Waals surface area contributed by atoms with Crippen LogP contribution in [0.25, 0.3) is 0 Å². The summed E-state index contributed by atoms with van der Waals surface area (Å²) in [6.07, 6.45) is 1.35. The fourth-order valence-electron chi connectivity index (χ4n) is 2.98. The zero-order chi connectivity index (χ0) is 23.6. The van der Waals surface area contributed by atoms with Crippen molar-refractivity contribution in [1.82, 2.24) is 10.2 Å². The summed E-state index contributed by atoms with van der Waals surface area (Å²) in [6.45, 7) is 0. The molecule has 1 aliphatic rings. The minimum Gasteiger partial charge on any atom is -0.325 e. The van der Waals surface area contributed by atoms with Gasteiger partial charge >= 0.3 is 0 Å². The van der Waals surface area contributed by atoms with Gasteiger partial charge in [0.25, 0.3) is 0 Å². The Kier molecular flexibility index (Phi) is 7.53. The molecule has 33 heavy (non-hydrogen) atoms. The van der Waals surface area contributed by atoms with Gasteiger partial charge < -0.3 is 5.32 Å². The molecule has 0 aliphatic carbocycles. The quantitative estimate of drug-likeness (QED) is 0.267. The number of halogens is 1. The van der Waals surface area contributed by atoms with E-state index in [1.807, 2.05) is 12.1 Å². The highest BCUT2D eigenvalue weighted by Crippen LogP contribution is 2.45. The Bertz CT molecular complexity index is 1150. The molecular formula is C20H19ClN4O4S4. The van der Waals surface area contributed by atoms with E-state index in [-0.39, 0.29) is 22.9 Å². The van der Waals surface area contributed by atoms with Crippen LogP contribution in [-0.2, 0) is 9.59 Å². The summed E-state index contributed by atoms with van der Waals surface area (Å²) in [4.78, 5) is 26.8. The first-order valence-electron chi connectivity index (χ1n) is 9.49. The Labute approximate surface area is 209 Å². The number of thioether (sulfide) groups is 2. The standard InChI is InChI=1S/C20H19ClN4O4S4/c1-33(28,29)15-8-6-14(7-9-15)22-16(26)10-31-20-24-23-19(32-20)25-17(27)11-30-18(25)12-2-4-13(21)5-3-12/h2-9,18,28-29H,10-11H2,1H3,(H,22,26). The van der Waals surface area contributed by atoms with Gasteiger partial charge in [0.05, 0.1) is 16.4 Å². The summed E-state index contributed by atoms with van der Waals surface area (Å²) in [5.74, 6) is 0.184. The molecule has 1 atom stereocenters. The van der Waals surface area contributed by atoms with Gasteiger partial charge in [-0.05, 0) is 42.0 Å². The molecule has 3 aromatic rings. The van der Waals surface area contributed by atoms with Crippen LogP contribution in [0, 0.1) is 0 Å². The normalized spacial score (nSPS) is 16.8. The zero-order valence-electron chi connectivity index (χ0n) is 17.2. The molecule has 1 unspecified atom stereocenters. The van der Waals surface area contributed by atoms with E-state index in [1.165, 1.54) is 41.1 Å². The van der Waals surface area contributed by atoms with Gasteiger partial charge in [0.15, 0.2) is 4.34 Å². The SMILES string of the molecule is CS(O)(O)c1ccc(NC(=O)CSc2nnc(N3C(=O)CSC3c3ccc(Cl)cc3)s2)cc1. The third-order valence-corrected chi connectivity index (χ3v) is 9.22. The Morgan fingerprint density at radius 3 is 2.58 bits per heavy atom. The van der Waals surface area contributed by atoms with Gasteiger partial charge in [-0.2, -0.15) is 10.6 Å². The molecular weight excluding hydrogens is 524 g/mol. The lowest BCUT2D eigenvalue weighted by Crippen LogP contribution is -2.27. The fraction of sp³-hybridized carbons (Fsp3) is 0.200. The molecule has 0 bridgehead atoms. The molecule has 0 saturated carbocycles. The number of nitrogens with one attached hydrogen (secondary N) is 1. The van der Waals surface area contributed by atoms with E-state index >= 15 is 0 Å². The number of benzene rings is 2. The van der Waals surface area contributed by atoms with Crippen LogP contribution in [0.15, 0.2) is 57.8 Å². The highest BCUT2D eigenvalue weighted by Gasteiger charge is 2.36. The molecule has 2 heterocycles. The maximum Gasteiger partial charge on any atom is 0.240 e. The van der Waals surface area contributed by atoms with E-state index in [1.54, 1.807) is 41.3 Å². The number of carbonyl (C=O) groups is 2. The number of nitrogens with zero attached hydrogens (tertiary/aromatic N) is 3. The second kappa shape index (κ2) is 10.2. The average Bonchev–Trinajstić information content (AvgIpc) is 3.39. The molecule has 174 valence electrons. The van der Waals surface area contributed by atoms with Gasteiger partial charge in [0.1, 0.15) is 5.37 Å². The molecule has 1 aliphatic heterocycles. The average molecular weight is 543 g/mol. The molecule has 0 radical (unpaired) electrons. The van der Waals surface area contributed by atoms with E-state index in [4.69, 9.17) is 11.6 Å². The maximum atomic E-state index is 12.5. The lowest BCUT2D eigenvalue weighted by molar-refractivity contribution is -0.116. The Morgan fingerprint density at radius 2 is 1.91 bits per heavy atom. The Hall–Kier alpha value is -1.80. The topological polar surface area (TPSA) is 116 Å². The van der Waals surface area contributed by atoms with Crippen LogP contribution < -0.4 is 10.2 Å². The highest BCUT2D eigenvalue weighted by molar-refractivity contribution is 8.23. The minimum absolute atomic E-state index is 0.0440. The van der Waals surface area contributed by atoms with Crippen molar-refractivity contribution in [2.24, 2.45) is 0 Å². The van der Waals surface area contributed by atoms with E-state index in [0.29, 0.717) is 30.8 Å². The molecule has 13 heteroatoms. The summed E-state index contributed by atoms with van der Waals surface area (Å²) in [5.41, 5.74) is 1.51. The van der Waals surface area contributed by atoms with Gasteiger partial charge in [-0.15, -0.1) is 22.0 Å². The van der Waals surface area contributed by atoms with Crippen molar-refractivity contribution < 1.29 is 18.7 Å². The van der Waals surface area contributed by atoms with E-state index in [2.05, 4.69) is 15.5 Å². The summed E-state index contributed by atoms with van der Waals surface area (Å²) in [7, 11) is -2.79. The van der Waals surface area contributed by atoms with Crippen LogP contribution in [0.5, 0.6) is 0 Å². The fourth-order valence-corrected chi connectivity index (χ4v) is 6.67. The Balaban J connectivity index is 1.36. The largest absolute Gasteiger partial charge is 0.325 e. The number of hydrogen-bond donors (Lipinski definition) is 3. The minimum atomic E-state index is -2.79. The predicted octanol–water partition coefficient (Wildman–Crippen LogP) is 5.44. The third-order valence-electron chi connectivity index (χ3n) is 4.54. The Morgan fingerprint density at radius 1 is 1.21 bits per heavy atom. The molecule has 8 nitrogen and oxygen atoms in total. The van der Waals surface area contributed by atoms with Crippen molar-refractivity contribution in [3.63, 3.8) is 0 Å². The number of carbonyl (C=O) groups excluding carboxylic acids is 2. The van der Waals surface area contributed by atoms with Crippen LogP contribution in [-0.4, -0.2) is 48.9 Å². The summed E-state index contributed by atoms with van der Waals surface area (Å²) < 4.78 is 19.9. The maximum absolute atomic E-state index is 12.5. The van der Waals surface area contributed by atoms with Gasteiger partial charge in [-0.25, -0.2) is 0 Å². The van der Waals surface area contributed by atoms with Crippen LogP contribution in [0.2, 0.25) is 5.02 Å². The van der Waals surface area contributed by atoms with E-state index in [9.17, 15) is 18.7 Å². The second-order valence-corrected chi connectivity index (χ2v) is 12.8. The van der Waals surface area contributed by atoms with Crippen LogP contribution >= 0.6 is 57.1 Å². The van der Waals surface area contributed by atoms with Crippen molar-refractivity contribution >= 4 is 79.7 Å². The zero-order valence-corrected chi connectivity index (χ0v) is 21.2. The first kappa shape index (κ1) is 24.3. The van der Waals surface area contributed by atoms with Crippen molar-refractivity contribution in [2.45, 2.75) is 14.6 Å². The molecule has 1 aromatic heterocycles. The van der Waals surface area contributed by atoms with Gasteiger partial charge in [0, 0.05) is 17.0 Å². The summed E-state index contributed by atoms with van der Waals surface area (Å²) >= 11 is 9.98. The lowest BCUT2D eigenvalue weighted by Gasteiger charge is -2.26. The third kappa shape index (κ3) is 6.01. The molecule has 2 amide bonds. The monoisotopic (exact) mass is 542 g/mol. The van der Waals surface area contributed by atoms with Crippen LogP contribution in [0.1, 0.15) is 10.9 Å². The number of hydrogen-bond acceptors (Lipinski definition) is 9. The van der Waals surface area contributed by atoms with E-state index in [0.717, 1.165) is 5.56 Å². The number of rotatable bonds is 7.